The minimum atomic E-state index is -0.256. The van der Waals surface area contributed by atoms with E-state index in [1.54, 1.807) is 13.0 Å². The molecule has 0 aliphatic carbocycles. The smallest absolute Gasteiger partial charge is 0.274 e. The van der Waals surface area contributed by atoms with Crippen LogP contribution in [-0.2, 0) is 0 Å². The average molecular weight is 332 g/mol. The van der Waals surface area contributed by atoms with Gasteiger partial charge in [-0.1, -0.05) is 35.9 Å². The third-order valence-electron chi connectivity index (χ3n) is 3.75. The summed E-state index contributed by atoms with van der Waals surface area (Å²) in [7, 11) is 0. The zero-order valence-electron chi connectivity index (χ0n) is 14.5. The van der Waals surface area contributed by atoms with Crippen molar-refractivity contribution in [1.29, 1.82) is 0 Å². The number of hydrogen-bond donors (Lipinski definition) is 2. The monoisotopic (exact) mass is 332 g/mol. The molecule has 0 atom stereocenters. The van der Waals surface area contributed by atoms with Crippen molar-refractivity contribution in [1.82, 2.24) is 9.97 Å². The van der Waals surface area contributed by atoms with Gasteiger partial charge in [0, 0.05) is 17.4 Å². The van der Waals surface area contributed by atoms with Crippen molar-refractivity contribution in [3.63, 3.8) is 0 Å². The number of hydrogen-bond acceptors (Lipinski definition) is 4. The fraction of sp³-hybridized carbons (Fsp3) is 0.150. The highest BCUT2D eigenvalue weighted by Crippen LogP contribution is 2.18. The van der Waals surface area contributed by atoms with Crippen LogP contribution < -0.4 is 10.6 Å². The van der Waals surface area contributed by atoms with E-state index in [9.17, 15) is 4.79 Å². The predicted octanol–water partition coefficient (Wildman–Crippen LogP) is 4.40. The highest BCUT2D eigenvalue weighted by molar-refractivity contribution is 6.03. The van der Waals surface area contributed by atoms with Gasteiger partial charge in [0.2, 0.25) is 0 Å². The van der Waals surface area contributed by atoms with Crippen molar-refractivity contribution in [3.8, 4) is 0 Å². The molecule has 0 fully saturated rings. The van der Waals surface area contributed by atoms with Crippen molar-refractivity contribution < 1.29 is 4.79 Å². The van der Waals surface area contributed by atoms with Crippen molar-refractivity contribution >= 4 is 23.1 Å². The van der Waals surface area contributed by atoms with E-state index in [1.165, 1.54) is 0 Å². The molecule has 0 unspecified atom stereocenters. The summed E-state index contributed by atoms with van der Waals surface area (Å²) < 4.78 is 0. The Balaban J connectivity index is 1.82. The Morgan fingerprint density at radius 3 is 2.40 bits per heavy atom. The average Bonchev–Trinajstić information content (AvgIpc) is 2.57. The van der Waals surface area contributed by atoms with Crippen LogP contribution in [0, 0.1) is 20.8 Å². The Bertz CT molecular complexity index is 907. The quantitative estimate of drug-likeness (QED) is 0.743. The summed E-state index contributed by atoms with van der Waals surface area (Å²) in [5.41, 5.74) is 4.18. The highest BCUT2D eigenvalue weighted by Gasteiger charge is 2.12. The summed E-state index contributed by atoms with van der Waals surface area (Å²) in [5, 5.41) is 6.11. The third kappa shape index (κ3) is 4.20. The van der Waals surface area contributed by atoms with E-state index in [2.05, 4.69) is 20.6 Å². The number of carbonyl (C=O) groups excluding carboxylic acids is 1. The molecule has 126 valence electrons. The fourth-order valence-electron chi connectivity index (χ4n) is 2.56. The van der Waals surface area contributed by atoms with E-state index in [0.717, 1.165) is 22.5 Å². The molecular formula is C20H20N4O. The summed E-state index contributed by atoms with van der Waals surface area (Å²) in [5.74, 6) is 0.866. The molecule has 0 saturated heterocycles. The van der Waals surface area contributed by atoms with Crippen LogP contribution in [0.4, 0.5) is 17.2 Å². The first-order valence-electron chi connectivity index (χ1n) is 8.07. The number of rotatable bonds is 4. The van der Waals surface area contributed by atoms with Gasteiger partial charge in [-0.3, -0.25) is 4.79 Å². The molecule has 0 aliphatic heterocycles. The zero-order valence-corrected chi connectivity index (χ0v) is 14.5. The molecule has 3 rings (SSSR count). The maximum Gasteiger partial charge on any atom is 0.274 e. The fourth-order valence-corrected chi connectivity index (χ4v) is 2.56. The number of aryl methyl sites for hydroxylation is 3. The Morgan fingerprint density at radius 1 is 0.920 bits per heavy atom. The Kier molecular flexibility index (Phi) is 4.75. The molecule has 1 amide bonds. The van der Waals surface area contributed by atoms with E-state index in [4.69, 9.17) is 0 Å². The largest absolute Gasteiger partial charge is 0.340 e. The summed E-state index contributed by atoms with van der Waals surface area (Å²) in [6.07, 6.45) is 0. The number of aromatic nitrogens is 2. The number of nitrogens with zero attached hydrogens (tertiary/aromatic N) is 2. The molecular weight excluding hydrogens is 312 g/mol. The van der Waals surface area contributed by atoms with Crippen LogP contribution in [0.25, 0.3) is 0 Å². The first kappa shape index (κ1) is 16.6. The molecule has 25 heavy (non-hydrogen) atoms. The van der Waals surface area contributed by atoms with Gasteiger partial charge in [0.25, 0.3) is 5.91 Å². The van der Waals surface area contributed by atoms with Gasteiger partial charge in [0.1, 0.15) is 17.3 Å². The maximum atomic E-state index is 12.6. The van der Waals surface area contributed by atoms with Gasteiger partial charge in [-0.2, -0.15) is 0 Å². The van der Waals surface area contributed by atoms with Gasteiger partial charge in [-0.25, -0.2) is 9.97 Å². The Morgan fingerprint density at radius 2 is 1.68 bits per heavy atom. The highest BCUT2D eigenvalue weighted by atomic mass is 16.1. The van der Waals surface area contributed by atoms with Gasteiger partial charge in [-0.05, 0) is 44.5 Å². The predicted molar refractivity (Wildman–Crippen MR) is 100 cm³/mol. The van der Waals surface area contributed by atoms with Crippen molar-refractivity contribution in [2.75, 3.05) is 10.6 Å². The molecule has 5 nitrogen and oxygen atoms in total. The lowest BCUT2D eigenvalue weighted by Gasteiger charge is -2.11. The van der Waals surface area contributed by atoms with Gasteiger partial charge in [0.15, 0.2) is 0 Å². The van der Waals surface area contributed by atoms with Crippen LogP contribution in [0.15, 0.2) is 54.6 Å². The van der Waals surface area contributed by atoms with Gasteiger partial charge >= 0.3 is 0 Å². The van der Waals surface area contributed by atoms with E-state index in [-0.39, 0.29) is 5.91 Å². The number of amides is 1. The lowest BCUT2D eigenvalue weighted by Crippen LogP contribution is -2.16. The molecule has 0 radical (unpaired) electrons. The van der Waals surface area contributed by atoms with Gasteiger partial charge in [-0.15, -0.1) is 0 Å². The molecule has 1 heterocycles. The van der Waals surface area contributed by atoms with Crippen LogP contribution in [0.1, 0.15) is 27.4 Å². The third-order valence-corrected chi connectivity index (χ3v) is 3.75. The lowest BCUT2D eigenvalue weighted by molar-refractivity contribution is 0.102. The molecule has 2 N–H and O–H groups in total. The van der Waals surface area contributed by atoms with Crippen LogP contribution in [0.3, 0.4) is 0 Å². The Hall–Kier alpha value is -3.21. The first-order chi connectivity index (χ1) is 12.0. The van der Waals surface area contributed by atoms with Gasteiger partial charge in [0.05, 0.1) is 0 Å². The van der Waals surface area contributed by atoms with Crippen molar-refractivity contribution in [2.45, 2.75) is 20.8 Å². The SMILES string of the molecule is Cc1ccc(NC(=O)c2cc(Nc3ccccc3)nc(C)n2)c(C)c1. The first-order valence-corrected chi connectivity index (χ1v) is 8.07. The maximum absolute atomic E-state index is 12.6. The number of nitrogens with one attached hydrogen (secondary N) is 2. The molecule has 5 heteroatoms. The van der Waals surface area contributed by atoms with E-state index >= 15 is 0 Å². The van der Waals surface area contributed by atoms with Crippen LogP contribution in [0.5, 0.6) is 0 Å². The summed E-state index contributed by atoms with van der Waals surface area (Å²) >= 11 is 0. The van der Waals surface area contributed by atoms with Crippen molar-refractivity contribution in [3.05, 3.63) is 77.2 Å². The number of carbonyl (C=O) groups is 1. The van der Waals surface area contributed by atoms with Gasteiger partial charge < -0.3 is 10.6 Å². The molecule has 2 aromatic carbocycles. The lowest BCUT2D eigenvalue weighted by atomic mass is 10.1. The van der Waals surface area contributed by atoms with Crippen LogP contribution in [0.2, 0.25) is 0 Å². The molecule has 0 saturated carbocycles. The minimum absolute atomic E-state index is 0.256. The second kappa shape index (κ2) is 7.13. The Labute approximate surface area is 147 Å². The summed E-state index contributed by atoms with van der Waals surface area (Å²) in [4.78, 5) is 21.2. The van der Waals surface area contributed by atoms with Crippen molar-refractivity contribution in [2.24, 2.45) is 0 Å². The summed E-state index contributed by atoms with van der Waals surface area (Å²) in [6, 6.07) is 17.2. The topological polar surface area (TPSA) is 66.9 Å². The van der Waals surface area contributed by atoms with E-state index < -0.39 is 0 Å². The minimum Gasteiger partial charge on any atom is -0.340 e. The standard InChI is InChI=1S/C20H20N4O/c1-13-9-10-17(14(2)11-13)24-20(25)18-12-19(22-15(3)21-18)23-16-7-5-4-6-8-16/h4-12H,1-3H3,(H,24,25)(H,21,22,23). The molecule has 1 aromatic heterocycles. The van der Waals surface area contributed by atoms with E-state index in [0.29, 0.717) is 17.3 Å². The summed E-state index contributed by atoms with van der Waals surface area (Å²) in [6.45, 7) is 5.76. The second-order valence-electron chi connectivity index (χ2n) is 5.95. The van der Waals surface area contributed by atoms with Crippen LogP contribution >= 0.6 is 0 Å². The zero-order chi connectivity index (χ0) is 17.8. The normalized spacial score (nSPS) is 10.4. The number of benzene rings is 2. The number of anilines is 3. The second-order valence-corrected chi connectivity index (χ2v) is 5.95. The molecule has 0 bridgehead atoms. The molecule has 3 aromatic rings. The number of para-hydroxylation sites is 1. The molecule has 0 aliphatic rings. The molecule has 0 spiro atoms. The van der Waals surface area contributed by atoms with Crippen LogP contribution in [-0.4, -0.2) is 15.9 Å². The van der Waals surface area contributed by atoms with E-state index in [1.807, 2.05) is 62.4 Å².